The van der Waals surface area contributed by atoms with Gasteiger partial charge in [0.2, 0.25) is 0 Å². The number of thiophene rings is 1. The predicted octanol–water partition coefficient (Wildman–Crippen LogP) is 3.23. The summed E-state index contributed by atoms with van der Waals surface area (Å²) in [6.45, 7) is 0. The molecule has 0 saturated heterocycles. The van der Waals surface area contributed by atoms with Gasteiger partial charge in [-0.15, -0.1) is 11.3 Å². The van der Waals surface area contributed by atoms with Crippen LogP contribution in [-0.2, 0) is 0 Å². The van der Waals surface area contributed by atoms with Crippen LogP contribution in [0.15, 0.2) is 11.2 Å². The van der Waals surface area contributed by atoms with Crippen molar-refractivity contribution in [3.8, 4) is 0 Å². The Morgan fingerprint density at radius 1 is 1.40 bits per heavy atom. The van der Waals surface area contributed by atoms with Gasteiger partial charge in [0.1, 0.15) is 9.88 Å². The van der Waals surface area contributed by atoms with E-state index in [2.05, 4.69) is 10.5 Å². The number of nitrogens with one attached hydrogen (secondary N) is 1. The van der Waals surface area contributed by atoms with Crippen molar-refractivity contribution in [2.45, 2.75) is 37.6 Å². The minimum Gasteiger partial charge on any atom is -0.409 e. The van der Waals surface area contributed by atoms with Gasteiger partial charge in [-0.25, -0.2) is 0 Å². The maximum Gasteiger partial charge on any atom is 0.254 e. The molecular weight excluding hydrogens is 321 g/mol. The fourth-order valence-electron chi connectivity index (χ4n) is 2.48. The first-order valence-electron chi connectivity index (χ1n) is 6.24. The van der Waals surface area contributed by atoms with Gasteiger partial charge in [-0.1, -0.05) is 47.6 Å². The summed E-state index contributed by atoms with van der Waals surface area (Å²) >= 11 is 13.0. The normalized spacial score (nSPS) is 18.8. The summed E-state index contributed by atoms with van der Waals surface area (Å²) < 4.78 is 0.777. The summed E-state index contributed by atoms with van der Waals surface area (Å²) in [6.07, 6.45) is 4.18. The highest BCUT2D eigenvalue weighted by atomic mass is 35.5. The monoisotopic (exact) mass is 335 g/mol. The zero-order valence-corrected chi connectivity index (χ0v) is 13.0. The molecule has 0 aromatic carbocycles. The third-order valence-corrected chi connectivity index (χ3v) is 5.05. The van der Waals surface area contributed by atoms with Gasteiger partial charge in [0.15, 0.2) is 5.84 Å². The van der Waals surface area contributed by atoms with Crippen molar-refractivity contribution in [3.05, 3.63) is 20.3 Å². The zero-order valence-electron chi connectivity index (χ0n) is 10.7. The molecule has 20 heavy (non-hydrogen) atoms. The van der Waals surface area contributed by atoms with Crippen LogP contribution < -0.4 is 11.1 Å². The maximum atomic E-state index is 12.3. The third-order valence-electron chi connectivity index (χ3n) is 3.56. The second-order valence-electron chi connectivity index (χ2n) is 4.82. The van der Waals surface area contributed by atoms with Crippen molar-refractivity contribution in [1.29, 1.82) is 0 Å². The molecular formula is C12H15Cl2N3O2S. The van der Waals surface area contributed by atoms with Crippen molar-refractivity contribution in [2.24, 2.45) is 10.9 Å². The lowest BCUT2D eigenvalue weighted by Gasteiger charge is -2.36. The van der Waals surface area contributed by atoms with Crippen molar-refractivity contribution >= 4 is 46.3 Å². The minimum atomic E-state index is -0.804. The largest absolute Gasteiger partial charge is 0.409 e. The highest BCUT2D eigenvalue weighted by Crippen LogP contribution is 2.33. The Bertz CT molecular complexity index is 539. The Labute approximate surface area is 130 Å². The number of hydrogen-bond acceptors (Lipinski definition) is 4. The summed E-state index contributed by atoms with van der Waals surface area (Å²) in [7, 11) is 0. The fraction of sp³-hybridized carbons (Fsp3) is 0.500. The fourth-order valence-corrected chi connectivity index (χ4v) is 3.93. The zero-order chi connectivity index (χ0) is 14.8. The number of carbonyl (C=O) groups is 1. The second-order valence-corrected chi connectivity index (χ2v) is 7.11. The van der Waals surface area contributed by atoms with E-state index in [1.54, 1.807) is 0 Å². The lowest BCUT2D eigenvalue weighted by molar-refractivity contribution is 0.0906. The van der Waals surface area contributed by atoms with E-state index in [0.717, 1.165) is 30.6 Å². The number of carbonyl (C=O) groups excluding carboxylic acids is 1. The van der Waals surface area contributed by atoms with E-state index in [9.17, 15) is 4.79 Å². The number of rotatable bonds is 3. The molecule has 0 unspecified atom stereocenters. The molecule has 4 N–H and O–H groups in total. The van der Waals surface area contributed by atoms with Crippen molar-refractivity contribution < 1.29 is 10.0 Å². The average molecular weight is 336 g/mol. The van der Waals surface area contributed by atoms with E-state index in [-0.39, 0.29) is 11.7 Å². The molecule has 1 saturated carbocycles. The maximum absolute atomic E-state index is 12.3. The molecule has 1 heterocycles. The van der Waals surface area contributed by atoms with E-state index in [1.807, 2.05) is 0 Å². The van der Waals surface area contributed by atoms with E-state index < -0.39 is 5.54 Å². The Morgan fingerprint density at radius 2 is 2.05 bits per heavy atom. The predicted molar refractivity (Wildman–Crippen MR) is 81.0 cm³/mol. The van der Waals surface area contributed by atoms with Crippen LogP contribution in [0.25, 0.3) is 0 Å². The van der Waals surface area contributed by atoms with Gasteiger partial charge < -0.3 is 16.3 Å². The summed E-state index contributed by atoms with van der Waals surface area (Å²) in [6, 6.07) is 1.52. The molecule has 1 amide bonds. The number of nitrogens with two attached hydrogens (primary N) is 1. The lowest BCUT2D eigenvalue weighted by Crippen LogP contribution is -2.58. The molecule has 5 nitrogen and oxygen atoms in total. The first-order valence-corrected chi connectivity index (χ1v) is 7.81. The summed E-state index contributed by atoms with van der Waals surface area (Å²) in [5, 5.41) is 14.9. The lowest BCUT2D eigenvalue weighted by atomic mass is 9.80. The Kier molecular flexibility index (Phi) is 4.78. The van der Waals surface area contributed by atoms with E-state index in [4.69, 9.17) is 34.1 Å². The van der Waals surface area contributed by atoms with E-state index in [1.165, 1.54) is 6.07 Å². The third kappa shape index (κ3) is 3.02. The van der Waals surface area contributed by atoms with Crippen LogP contribution in [0.3, 0.4) is 0 Å². The Hall–Kier alpha value is -0.980. The molecule has 110 valence electrons. The number of amides is 1. The molecule has 2 rings (SSSR count). The van der Waals surface area contributed by atoms with Crippen LogP contribution in [0.4, 0.5) is 0 Å². The Morgan fingerprint density at radius 3 is 2.55 bits per heavy atom. The molecule has 0 aliphatic heterocycles. The van der Waals surface area contributed by atoms with Gasteiger partial charge in [0.25, 0.3) is 5.91 Å². The van der Waals surface area contributed by atoms with Crippen LogP contribution in [-0.4, -0.2) is 22.5 Å². The molecule has 1 aromatic rings. The smallest absolute Gasteiger partial charge is 0.254 e. The number of oxime groups is 1. The molecule has 0 atom stereocenters. The van der Waals surface area contributed by atoms with Crippen molar-refractivity contribution in [3.63, 3.8) is 0 Å². The van der Waals surface area contributed by atoms with Crippen molar-refractivity contribution in [2.75, 3.05) is 0 Å². The van der Waals surface area contributed by atoms with Crippen LogP contribution in [0.5, 0.6) is 0 Å². The summed E-state index contributed by atoms with van der Waals surface area (Å²) in [5.74, 6) is -0.324. The standard InChI is InChI=1S/C12H15Cl2N3O2S/c13-8-6-7(9(14)20-8)10(18)16-12(11(15)17-19)4-2-1-3-5-12/h6,19H,1-5H2,(H2,15,17)(H,16,18). The Balaban J connectivity index is 2.24. The number of nitrogens with zero attached hydrogens (tertiary/aromatic N) is 1. The van der Waals surface area contributed by atoms with Gasteiger partial charge in [0.05, 0.1) is 9.90 Å². The summed E-state index contributed by atoms with van der Waals surface area (Å²) in [5.41, 5.74) is 5.29. The molecule has 1 aliphatic rings. The molecule has 1 aliphatic carbocycles. The van der Waals surface area contributed by atoms with Crippen LogP contribution >= 0.6 is 34.5 Å². The van der Waals surface area contributed by atoms with E-state index in [0.29, 0.717) is 27.1 Å². The minimum absolute atomic E-state index is 0.0306. The van der Waals surface area contributed by atoms with Crippen LogP contribution in [0, 0.1) is 0 Å². The molecule has 1 fully saturated rings. The quantitative estimate of drug-likeness (QED) is 0.343. The van der Waals surface area contributed by atoms with E-state index >= 15 is 0 Å². The number of halogens is 2. The van der Waals surface area contributed by atoms with Gasteiger partial charge in [-0.2, -0.15) is 0 Å². The van der Waals surface area contributed by atoms with Gasteiger partial charge in [-0.05, 0) is 18.9 Å². The second kappa shape index (κ2) is 6.20. The SMILES string of the molecule is N/C(=N/O)C1(NC(=O)c2cc(Cl)sc2Cl)CCCCC1. The highest BCUT2D eigenvalue weighted by Gasteiger charge is 2.38. The molecule has 0 bridgehead atoms. The topological polar surface area (TPSA) is 87.7 Å². The van der Waals surface area contributed by atoms with Gasteiger partial charge >= 0.3 is 0 Å². The molecule has 0 radical (unpaired) electrons. The molecule has 8 heteroatoms. The molecule has 0 spiro atoms. The van der Waals surface area contributed by atoms with Crippen LogP contribution in [0.2, 0.25) is 8.67 Å². The highest BCUT2D eigenvalue weighted by molar-refractivity contribution is 7.20. The number of amidine groups is 1. The van der Waals surface area contributed by atoms with Crippen LogP contribution in [0.1, 0.15) is 42.5 Å². The first kappa shape index (κ1) is 15.4. The number of hydrogen-bond donors (Lipinski definition) is 3. The average Bonchev–Trinajstić information content (AvgIpc) is 2.78. The van der Waals surface area contributed by atoms with Crippen molar-refractivity contribution in [1.82, 2.24) is 5.32 Å². The van der Waals surface area contributed by atoms with Gasteiger partial charge in [0, 0.05) is 0 Å². The first-order chi connectivity index (χ1) is 9.48. The van der Waals surface area contributed by atoms with Gasteiger partial charge in [-0.3, -0.25) is 4.79 Å². The summed E-state index contributed by atoms with van der Waals surface area (Å²) in [4.78, 5) is 12.3. The molecule has 1 aromatic heterocycles.